The van der Waals surface area contributed by atoms with Crippen molar-refractivity contribution in [3.8, 4) is 0 Å². The molecule has 0 bridgehead atoms. The number of nitrogens with two attached hydrogens (primary N) is 1. The van der Waals surface area contributed by atoms with Crippen molar-refractivity contribution in [3.63, 3.8) is 0 Å². The Labute approximate surface area is 66.4 Å². The smallest absolute Gasteiger partial charge is 0.260 e. The molecule has 11 heavy (non-hydrogen) atoms. The van der Waals surface area contributed by atoms with Crippen molar-refractivity contribution >= 4 is 5.91 Å². The second kappa shape index (κ2) is 5.88. The lowest BCUT2D eigenvalue weighted by Gasteiger charge is -2.08. The largest absolute Gasteiger partial charge is 0.320 e. The van der Waals surface area contributed by atoms with Crippen LogP contribution in [0.5, 0.6) is 0 Å². The molecule has 1 amide bonds. The maximum atomic E-state index is 10.9. The van der Waals surface area contributed by atoms with Crippen molar-refractivity contribution in [2.24, 2.45) is 5.73 Å². The minimum atomic E-state index is -0.556. The van der Waals surface area contributed by atoms with Crippen LogP contribution >= 0.6 is 0 Å². The van der Waals surface area contributed by atoms with Gasteiger partial charge in [0.15, 0.2) is 0 Å². The zero-order valence-electron chi connectivity index (χ0n) is 6.67. The van der Waals surface area contributed by atoms with Gasteiger partial charge in [0.25, 0.3) is 5.91 Å². The van der Waals surface area contributed by atoms with Crippen LogP contribution in [0.2, 0.25) is 0 Å². The van der Waals surface area contributed by atoms with Crippen molar-refractivity contribution in [2.75, 3.05) is 6.61 Å². The Morgan fingerprint density at radius 2 is 2.55 bits per heavy atom. The molecular formula is C7H14N2O2. The highest BCUT2D eigenvalue weighted by atomic mass is 16.6. The summed E-state index contributed by atoms with van der Waals surface area (Å²) in [7, 11) is 0. The Balaban J connectivity index is 3.54. The first kappa shape index (κ1) is 10.1. The molecule has 3 N–H and O–H groups in total. The number of hydroxylamine groups is 1. The quantitative estimate of drug-likeness (QED) is 0.436. The summed E-state index contributed by atoms with van der Waals surface area (Å²) >= 11 is 0. The highest BCUT2D eigenvalue weighted by molar-refractivity contribution is 5.80. The van der Waals surface area contributed by atoms with Gasteiger partial charge in [-0.2, -0.15) is 0 Å². The summed E-state index contributed by atoms with van der Waals surface area (Å²) in [6, 6.07) is -0.556. The van der Waals surface area contributed by atoms with E-state index in [1.165, 1.54) is 0 Å². The lowest BCUT2D eigenvalue weighted by molar-refractivity contribution is -0.134. The van der Waals surface area contributed by atoms with Gasteiger partial charge < -0.3 is 5.73 Å². The highest BCUT2D eigenvalue weighted by Crippen LogP contribution is 1.87. The molecule has 0 aliphatic rings. The first-order valence-corrected chi connectivity index (χ1v) is 3.50. The van der Waals surface area contributed by atoms with Gasteiger partial charge in [-0.3, -0.25) is 9.63 Å². The van der Waals surface area contributed by atoms with Gasteiger partial charge in [-0.25, -0.2) is 5.48 Å². The lowest BCUT2D eigenvalue weighted by Crippen LogP contribution is -2.40. The molecule has 0 spiro atoms. The van der Waals surface area contributed by atoms with E-state index in [9.17, 15) is 4.79 Å². The number of amides is 1. The molecule has 0 saturated heterocycles. The third-order valence-corrected chi connectivity index (χ3v) is 1.07. The molecule has 4 heteroatoms. The molecule has 0 rings (SSSR count). The summed E-state index contributed by atoms with van der Waals surface area (Å²) in [6.45, 7) is 5.68. The van der Waals surface area contributed by atoms with E-state index in [2.05, 4.69) is 16.9 Å². The minimum Gasteiger partial charge on any atom is -0.320 e. The van der Waals surface area contributed by atoms with E-state index in [1.54, 1.807) is 13.0 Å². The van der Waals surface area contributed by atoms with Gasteiger partial charge in [-0.05, 0) is 13.3 Å². The van der Waals surface area contributed by atoms with Gasteiger partial charge in [-0.1, -0.05) is 6.08 Å². The predicted molar refractivity (Wildman–Crippen MR) is 42.6 cm³/mol. The molecule has 64 valence electrons. The van der Waals surface area contributed by atoms with Crippen LogP contribution in [0.1, 0.15) is 13.3 Å². The molecule has 4 nitrogen and oxygen atoms in total. The number of hydrogen-bond donors (Lipinski definition) is 2. The van der Waals surface area contributed by atoms with Crippen molar-refractivity contribution in [3.05, 3.63) is 12.7 Å². The molecule has 1 unspecified atom stereocenters. The summed E-state index contributed by atoms with van der Waals surface area (Å²) in [5, 5.41) is 0. The van der Waals surface area contributed by atoms with E-state index in [4.69, 9.17) is 5.73 Å². The first-order valence-electron chi connectivity index (χ1n) is 3.50. The maximum absolute atomic E-state index is 10.9. The third-order valence-electron chi connectivity index (χ3n) is 1.07. The molecule has 0 aliphatic heterocycles. The fraction of sp³-hybridized carbons (Fsp3) is 0.571. The van der Waals surface area contributed by atoms with Crippen molar-refractivity contribution in [1.29, 1.82) is 0 Å². The van der Waals surface area contributed by atoms with Crippen LogP contribution in [0.4, 0.5) is 0 Å². The van der Waals surface area contributed by atoms with Crippen molar-refractivity contribution in [2.45, 2.75) is 19.4 Å². The molecular weight excluding hydrogens is 144 g/mol. The van der Waals surface area contributed by atoms with Crippen LogP contribution in [0, 0.1) is 0 Å². The summed E-state index contributed by atoms with van der Waals surface area (Å²) in [6.07, 6.45) is 2.05. The SMILES string of the molecule is C=CCC(N)C(=O)NOCC. The topological polar surface area (TPSA) is 64.4 Å². The second-order valence-electron chi connectivity index (χ2n) is 2.03. The number of carbonyl (C=O) groups is 1. The number of carbonyl (C=O) groups excluding carboxylic acids is 1. The van der Waals surface area contributed by atoms with Gasteiger partial charge in [0.1, 0.15) is 0 Å². The molecule has 0 aromatic heterocycles. The fourth-order valence-electron chi connectivity index (χ4n) is 0.506. The molecule has 0 radical (unpaired) electrons. The molecule has 0 aromatic rings. The average Bonchev–Trinajstić information content (AvgIpc) is 2.00. The zero-order chi connectivity index (χ0) is 8.69. The fourth-order valence-corrected chi connectivity index (χ4v) is 0.506. The van der Waals surface area contributed by atoms with Crippen LogP contribution in [0.15, 0.2) is 12.7 Å². The Morgan fingerprint density at radius 3 is 3.00 bits per heavy atom. The predicted octanol–water partition coefficient (Wildman–Crippen LogP) is -0.0425. The van der Waals surface area contributed by atoms with Gasteiger partial charge >= 0.3 is 0 Å². The average molecular weight is 158 g/mol. The van der Waals surface area contributed by atoms with E-state index in [0.29, 0.717) is 13.0 Å². The van der Waals surface area contributed by atoms with E-state index < -0.39 is 6.04 Å². The number of rotatable bonds is 5. The normalized spacial score (nSPS) is 12.2. The number of nitrogens with one attached hydrogen (secondary N) is 1. The molecule has 0 aromatic carbocycles. The zero-order valence-corrected chi connectivity index (χ0v) is 6.67. The summed E-state index contributed by atoms with van der Waals surface area (Å²) in [4.78, 5) is 15.5. The van der Waals surface area contributed by atoms with Gasteiger partial charge in [0.2, 0.25) is 0 Å². The van der Waals surface area contributed by atoms with Gasteiger partial charge in [-0.15, -0.1) is 6.58 Å². The van der Waals surface area contributed by atoms with Crippen LogP contribution < -0.4 is 11.2 Å². The number of hydrogen-bond acceptors (Lipinski definition) is 3. The first-order chi connectivity index (χ1) is 5.22. The highest BCUT2D eigenvalue weighted by Gasteiger charge is 2.10. The van der Waals surface area contributed by atoms with Gasteiger partial charge in [0.05, 0.1) is 12.6 Å². The standard InChI is InChI=1S/C7H14N2O2/c1-3-5-6(8)7(10)9-11-4-2/h3,6H,1,4-5,8H2,2H3,(H,9,10). The molecule has 0 fully saturated rings. The lowest BCUT2D eigenvalue weighted by atomic mass is 10.2. The monoisotopic (exact) mass is 158 g/mol. The van der Waals surface area contributed by atoms with Crippen molar-refractivity contribution < 1.29 is 9.63 Å². The summed E-state index contributed by atoms with van der Waals surface area (Å²) in [5.74, 6) is -0.313. The van der Waals surface area contributed by atoms with Crippen molar-refractivity contribution in [1.82, 2.24) is 5.48 Å². The van der Waals surface area contributed by atoms with E-state index in [-0.39, 0.29) is 5.91 Å². The van der Waals surface area contributed by atoms with Gasteiger partial charge in [0, 0.05) is 0 Å². The Kier molecular flexibility index (Phi) is 5.42. The Bertz CT molecular complexity index is 136. The van der Waals surface area contributed by atoms with Crippen LogP contribution in [0.25, 0.3) is 0 Å². The third kappa shape index (κ3) is 4.52. The Hall–Kier alpha value is -0.870. The second-order valence-corrected chi connectivity index (χ2v) is 2.03. The van der Waals surface area contributed by atoms with E-state index >= 15 is 0 Å². The molecule has 1 atom stereocenters. The van der Waals surface area contributed by atoms with E-state index in [1.807, 2.05) is 0 Å². The van der Waals surface area contributed by atoms with E-state index in [0.717, 1.165) is 0 Å². The Morgan fingerprint density at radius 1 is 1.91 bits per heavy atom. The minimum absolute atomic E-state index is 0.313. The molecule has 0 aliphatic carbocycles. The molecule has 0 heterocycles. The molecule has 0 saturated carbocycles. The summed E-state index contributed by atoms with van der Waals surface area (Å²) in [5.41, 5.74) is 7.61. The van der Waals surface area contributed by atoms with Crippen LogP contribution in [-0.2, 0) is 9.63 Å². The van der Waals surface area contributed by atoms with Crippen LogP contribution in [-0.4, -0.2) is 18.6 Å². The maximum Gasteiger partial charge on any atom is 0.260 e. The summed E-state index contributed by atoms with van der Waals surface area (Å²) < 4.78 is 0. The van der Waals surface area contributed by atoms with Crippen LogP contribution in [0.3, 0.4) is 0 Å².